The molecule has 0 saturated heterocycles. The molecule has 8 heteroatoms. The minimum absolute atomic E-state index is 0.0331. The van der Waals surface area contributed by atoms with Crippen LogP contribution in [-0.2, 0) is 16.1 Å². The molecule has 7 nitrogen and oxygen atoms in total. The number of hydrogen-bond donors (Lipinski definition) is 2. The summed E-state index contributed by atoms with van der Waals surface area (Å²) >= 11 is 0. The van der Waals surface area contributed by atoms with Crippen molar-refractivity contribution in [2.45, 2.75) is 26.4 Å². The van der Waals surface area contributed by atoms with Crippen LogP contribution in [0.15, 0.2) is 65.7 Å². The molecule has 1 amide bonds. The number of nitrogens with two attached hydrogens (primary N) is 1. The van der Waals surface area contributed by atoms with Gasteiger partial charge in [-0.05, 0) is 65.9 Å². The Morgan fingerprint density at radius 1 is 1.03 bits per heavy atom. The number of carboxylic acids is 1. The van der Waals surface area contributed by atoms with E-state index in [2.05, 4.69) is 4.99 Å². The standard InChI is InChI=1S/C27H27FN2O5/c1-17-6-3-4-7-21(17)22-11-9-19(14-20(22)16-34-2)27(33)30-26(29)18-10-12-24(23(28)15-18)35-13-5-8-25(31)32/h3-4,6-7,9-12,14-15H,5,8,13,16H2,1-2H3,(H,31,32)(H2,29,30,33). The molecule has 3 rings (SSSR count). The second kappa shape index (κ2) is 11.9. The lowest BCUT2D eigenvalue weighted by Gasteiger charge is -2.13. The van der Waals surface area contributed by atoms with Crippen molar-refractivity contribution < 1.29 is 28.6 Å². The van der Waals surface area contributed by atoms with Crippen LogP contribution in [0.4, 0.5) is 4.39 Å². The van der Waals surface area contributed by atoms with Gasteiger partial charge in [-0.2, -0.15) is 4.99 Å². The molecule has 0 radical (unpaired) electrons. The maximum Gasteiger partial charge on any atom is 0.303 e. The lowest BCUT2D eigenvalue weighted by atomic mass is 9.94. The molecule has 0 bridgehead atoms. The van der Waals surface area contributed by atoms with Crippen LogP contribution in [0.3, 0.4) is 0 Å². The van der Waals surface area contributed by atoms with E-state index >= 15 is 0 Å². The molecule has 182 valence electrons. The smallest absolute Gasteiger partial charge is 0.303 e. The number of carbonyl (C=O) groups is 2. The highest BCUT2D eigenvalue weighted by Crippen LogP contribution is 2.28. The van der Waals surface area contributed by atoms with E-state index in [0.29, 0.717) is 12.2 Å². The molecule has 0 aromatic heterocycles. The summed E-state index contributed by atoms with van der Waals surface area (Å²) in [6.07, 6.45) is 0.182. The number of carbonyl (C=O) groups excluding carboxylic acids is 1. The Balaban J connectivity index is 1.79. The lowest BCUT2D eigenvalue weighted by Crippen LogP contribution is -2.16. The molecule has 0 saturated carbocycles. The number of methoxy groups -OCH3 is 1. The molecule has 0 aliphatic rings. The number of halogens is 1. The molecular formula is C27H27FN2O5. The third-order valence-electron chi connectivity index (χ3n) is 5.33. The van der Waals surface area contributed by atoms with Crippen molar-refractivity contribution in [1.29, 1.82) is 0 Å². The molecule has 0 spiro atoms. The van der Waals surface area contributed by atoms with Gasteiger partial charge in [0.05, 0.1) is 13.2 Å². The van der Waals surface area contributed by atoms with Crippen LogP contribution in [0.5, 0.6) is 5.75 Å². The predicted molar refractivity (Wildman–Crippen MR) is 131 cm³/mol. The van der Waals surface area contributed by atoms with Crippen molar-refractivity contribution in [3.8, 4) is 16.9 Å². The van der Waals surface area contributed by atoms with Gasteiger partial charge < -0.3 is 20.3 Å². The zero-order chi connectivity index (χ0) is 25.4. The van der Waals surface area contributed by atoms with Crippen molar-refractivity contribution in [3.05, 3.63) is 88.7 Å². The van der Waals surface area contributed by atoms with Gasteiger partial charge in [0, 0.05) is 24.7 Å². The highest BCUT2D eigenvalue weighted by Gasteiger charge is 2.14. The Morgan fingerprint density at radius 2 is 1.77 bits per heavy atom. The maximum atomic E-state index is 14.4. The first-order valence-corrected chi connectivity index (χ1v) is 11.0. The zero-order valence-electron chi connectivity index (χ0n) is 19.6. The van der Waals surface area contributed by atoms with E-state index < -0.39 is 17.7 Å². The van der Waals surface area contributed by atoms with Gasteiger partial charge in [0.25, 0.3) is 5.91 Å². The van der Waals surface area contributed by atoms with Crippen LogP contribution in [-0.4, -0.2) is 36.5 Å². The van der Waals surface area contributed by atoms with Crippen molar-refractivity contribution in [1.82, 2.24) is 0 Å². The molecule has 3 aromatic carbocycles. The first-order chi connectivity index (χ1) is 16.8. The third kappa shape index (κ3) is 6.74. The van der Waals surface area contributed by atoms with Gasteiger partial charge >= 0.3 is 5.97 Å². The summed E-state index contributed by atoms with van der Waals surface area (Å²) in [7, 11) is 1.58. The minimum Gasteiger partial charge on any atom is -0.491 e. The second-order valence-corrected chi connectivity index (χ2v) is 7.91. The van der Waals surface area contributed by atoms with Gasteiger partial charge in [-0.25, -0.2) is 4.39 Å². The predicted octanol–water partition coefficient (Wildman–Crippen LogP) is 4.74. The molecule has 3 N–H and O–H groups in total. The van der Waals surface area contributed by atoms with Gasteiger partial charge in [0.2, 0.25) is 0 Å². The third-order valence-corrected chi connectivity index (χ3v) is 5.33. The first-order valence-electron chi connectivity index (χ1n) is 11.0. The quantitative estimate of drug-likeness (QED) is 0.247. The fourth-order valence-electron chi connectivity index (χ4n) is 3.56. The van der Waals surface area contributed by atoms with Gasteiger partial charge in [0.1, 0.15) is 5.84 Å². The normalized spacial score (nSPS) is 11.3. The van der Waals surface area contributed by atoms with Gasteiger partial charge in [-0.15, -0.1) is 0 Å². The van der Waals surface area contributed by atoms with Crippen LogP contribution >= 0.6 is 0 Å². The second-order valence-electron chi connectivity index (χ2n) is 7.91. The summed E-state index contributed by atoms with van der Waals surface area (Å²) in [5, 5.41) is 8.65. The number of aryl methyl sites for hydroxylation is 1. The number of aliphatic carboxylic acids is 1. The number of aliphatic imine (C=N–C) groups is 1. The Kier molecular flexibility index (Phi) is 8.69. The molecule has 0 unspecified atom stereocenters. The van der Waals surface area contributed by atoms with Crippen molar-refractivity contribution in [3.63, 3.8) is 0 Å². The number of hydrogen-bond acceptors (Lipinski definition) is 4. The van der Waals surface area contributed by atoms with E-state index in [1.807, 2.05) is 37.3 Å². The number of nitrogens with zero attached hydrogens (tertiary/aromatic N) is 1. The van der Waals surface area contributed by atoms with E-state index in [0.717, 1.165) is 28.3 Å². The topological polar surface area (TPSA) is 111 Å². The minimum atomic E-state index is -0.947. The monoisotopic (exact) mass is 478 g/mol. The average Bonchev–Trinajstić information content (AvgIpc) is 2.83. The summed E-state index contributed by atoms with van der Waals surface area (Å²) < 4.78 is 25.0. The number of benzene rings is 3. The summed E-state index contributed by atoms with van der Waals surface area (Å²) in [4.78, 5) is 27.3. The van der Waals surface area contributed by atoms with E-state index in [1.165, 1.54) is 12.1 Å². The summed E-state index contributed by atoms with van der Waals surface area (Å²) in [5.41, 5.74) is 10.5. The van der Waals surface area contributed by atoms with Gasteiger partial charge in [-0.1, -0.05) is 30.3 Å². The van der Waals surface area contributed by atoms with Crippen LogP contribution in [0.1, 0.15) is 39.9 Å². The first kappa shape index (κ1) is 25.6. The number of ether oxygens (including phenoxy) is 2. The Hall–Kier alpha value is -4.04. The SMILES string of the molecule is COCc1cc(C(=O)N=C(N)c2ccc(OCCCC(=O)O)c(F)c2)ccc1-c1ccccc1C. The molecule has 0 aliphatic carbocycles. The van der Waals surface area contributed by atoms with E-state index in [1.54, 1.807) is 19.2 Å². The molecular weight excluding hydrogens is 451 g/mol. The summed E-state index contributed by atoms with van der Waals surface area (Å²) in [6, 6.07) is 17.2. The van der Waals surface area contributed by atoms with Crippen LogP contribution < -0.4 is 10.5 Å². The lowest BCUT2D eigenvalue weighted by molar-refractivity contribution is -0.137. The van der Waals surface area contributed by atoms with Crippen LogP contribution in [0, 0.1) is 12.7 Å². The molecule has 35 heavy (non-hydrogen) atoms. The van der Waals surface area contributed by atoms with E-state index in [-0.39, 0.29) is 36.6 Å². The van der Waals surface area contributed by atoms with Crippen molar-refractivity contribution >= 4 is 17.7 Å². The van der Waals surface area contributed by atoms with Crippen molar-refractivity contribution in [2.75, 3.05) is 13.7 Å². The molecule has 0 heterocycles. The van der Waals surface area contributed by atoms with Crippen molar-refractivity contribution in [2.24, 2.45) is 10.7 Å². The van der Waals surface area contributed by atoms with Crippen LogP contribution in [0.25, 0.3) is 11.1 Å². The highest BCUT2D eigenvalue weighted by molar-refractivity contribution is 6.09. The fraction of sp³-hybridized carbons (Fsp3) is 0.222. The molecule has 0 aliphatic heterocycles. The van der Waals surface area contributed by atoms with Crippen LogP contribution in [0.2, 0.25) is 0 Å². The van der Waals surface area contributed by atoms with Gasteiger partial charge in [0.15, 0.2) is 11.6 Å². The summed E-state index contributed by atoms with van der Waals surface area (Å²) in [6.45, 7) is 2.39. The number of amides is 1. The fourth-order valence-corrected chi connectivity index (χ4v) is 3.56. The average molecular weight is 479 g/mol. The molecule has 3 aromatic rings. The number of amidine groups is 1. The Morgan fingerprint density at radius 3 is 2.46 bits per heavy atom. The van der Waals surface area contributed by atoms with Gasteiger partial charge in [-0.3, -0.25) is 9.59 Å². The largest absolute Gasteiger partial charge is 0.491 e. The molecule has 0 atom stereocenters. The highest BCUT2D eigenvalue weighted by atomic mass is 19.1. The summed E-state index contributed by atoms with van der Waals surface area (Å²) in [5.74, 6) is -2.37. The van der Waals surface area contributed by atoms with E-state index in [9.17, 15) is 14.0 Å². The molecule has 0 fully saturated rings. The number of rotatable bonds is 10. The maximum absolute atomic E-state index is 14.4. The van der Waals surface area contributed by atoms with E-state index in [4.69, 9.17) is 20.3 Å². The number of carboxylic acid groups (broad SMARTS) is 1. The Bertz CT molecular complexity index is 1260. The Labute approximate surface area is 203 Å². The zero-order valence-corrected chi connectivity index (χ0v) is 19.6.